The molecule has 0 bridgehead atoms. The summed E-state index contributed by atoms with van der Waals surface area (Å²) in [6.45, 7) is 6.90. The third kappa shape index (κ3) is 2.61. The first kappa shape index (κ1) is 16.6. The Morgan fingerprint density at radius 2 is 2.25 bits per heavy atom. The standard InChI is InChI=1S/C19H31N3O2/c1-3-22-11-10-20-18(22)17-14(7-5-12-24-17)21-15-13-16(23-4-2)19(15)8-6-9-19/h10-11,14-17,21H,3-9,12-13H2,1-2H3/t14-,15-,16+,17-/m0/s1. The van der Waals surface area contributed by atoms with Crippen LogP contribution < -0.4 is 5.32 Å². The SMILES string of the molecule is CCO[C@@H]1C[C@H](N[C@H]2CCCO[C@@H]2c2nccn2CC)C12CCC2. The molecular formula is C19H31N3O2. The normalized spacial score (nSPS) is 34.8. The minimum atomic E-state index is 0.0805. The van der Waals surface area contributed by atoms with E-state index < -0.39 is 0 Å². The summed E-state index contributed by atoms with van der Waals surface area (Å²) in [4.78, 5) is 4.60. The maximum absolute atomic E-state index is 6.16. The molecule has 24 heavy (non-hydrogen) atoms. The molecule has 4 atom stereocenters. The Morgan fingerprint density at radius 1 is 1.38 bits per heavy atom. The van der Waals surface area contributed by atoms with Crippen LogP contribution in [0.15, 0.2) is 12.4 Å². The van der Waals surface area contributed by atoms with Gasteiger partial charge in [-0.05, 0) is 46.0 Å². The van der Waals surface area contributed by atoms with Crippen LogP contribution in [0.2, 0.25) is 0 Å². The van der Waals surface area contributed by atoms with Crippen molar-refractivity contribution in [2.24, 2.45) is 5.41 Å². The van der Waals surface area contributed by atoms with Crippen LogP contribution in [0.5, 0.6) is 0 Å². The molecule has 1 aliphatic heterocycles. The second-order valence-electron chi connectivity index (χ2n) is 7.60. The highest BCUT2D eigenvalue weighted by atomic mass is 16.5. The maximum atomic E-state index is 6.16. The second-order valence-corrected chi connectivity index (χ2v) is 7.60. The number of rotatable bonds is 6. The third-order valence-corrected chi connectivity index (χ3v) is 6.52. The summed E-state index contributed by atoms with van der Waals surface area (Å²) in [6.07, 6.45) is 12.0. The molecule has 134 valence electrons. The Labute approximate surface area is 145 Å². The smallest absolute Gasteiger partial charge is 0.139 e. The minimum Gasteiger partial charge on any atom is -0.378 e. The summed E-state index contributed by atoms with van der Waals surface area (Å²) in [5, 5.41) is 3.97. The zero-order valence-electron chi connectivity index (χ0n) is 15.0. The van der Waals surface area contributed by atoms with E-state index >= 15 is 0 Å². The van der Waals surface area contributed by atoms with Crippen molar-refractivity contribution in [1.82, 2.24) is 14.9 Å². The van der Waals surface area contributed by atoms with Gasteiger partial charge in [-0.1, -0.05) is 6.42 Å². The summed E-state index contributed by atoms with van der Waals surface area (Å²) in [5.41, 5.74) is 0.401. The molecule has 5 nitrogen and oxygen atoms in total. The Bertz CT molecular complexity index is 555. The van der Waals surface area contributed by atoms with Gasteiger partial charge in [-0.2, -0.15) is 0 Å². The molecule has 3 fully saturated rings. The molecule has 2 saturated carbocycles. The summed E-state index contributed by atoms with van der Waals surface area (Å²) in [6, 6.07) is 0.957. The van der Waals surface area contributed by atoms with Crippen LogP contribution in [0.3, 0.4) is 0 Å². The largest absolute Gasteiger partial charge is 0.378 e. The van der Waals surface area contributed by atoms with Crippen molar-refractivity contribution in [2.45, 2.75) is 83.2 Å². The van der Waals surface area contributed by atoms with E-state index in [9.17, 15) is 0 Å². The van der Waals surface area contributed by atoms with Gasteiger partial charge in [0.15, 0.2) is 0 Å². The Balaban J connectivity index is 1.47. The van der Waals surface area contributed by atoms with Crippen LogP contribution in [0.4, 0.5) is 0 Å². The lowest BCUT2D eigenvalue weighted by atomic mass is 9.51. The third-order valence-electron chi connectivity index (χ3n) is 6.52. The van der Waals surface area contributed by atoms with Crippen molar-refractivity contribution < 1.29 is 9.47 Å². The Hall–Kier alpha value is -0.910. The quantitative estimate of drug-likeness (QED) is 0.869. The van der Waals surface area contributed by atoms with Gasteiger partial charge in [0.25, 0.3) is 0 Å². The molecule has 2 heterocycles. The number of aromatic nitrogens is 2. The van der Waals surface area contributed by atoms with E-state index in [1.165, 1.54) is 25.7 Å². The topological polar surface area (TPSA) is 48.3 Å². The number of nitrogens with zero attached hydrogens (tertiary/aromatic N) is 2. The zero-order valence-corrected chi connectivity index (χ0v) is 15.0. The molecule has 1 saturated heterocycles. The van der Waals surface area contributed by atoms with Gasteiger partial charge in [-0.25, -0.2) is 4.98 Å². The minimum absolute atomic E-state index is 0.0805. The first-order chi connectivity index (χ1) is 11.8. The predicted molar refractivity (Wildman–Crippen MR) is 92.9 cm³/mol. The van der Waals surface area contributed by atoms with Crippen molar-refractivity contribution >= 4 is 0 Å². The molecule has 0 amide bonds. The van der Waals surface area contributed by atoms with E-state index in [1.807, 2.05) is 6.20 Å². The second kappa shape index (κ2) is 6.77. The predicted octanol–water partition coefficient (Wildman–Crippen LogP) is 3.06. The van der Waals surface area contributed by atoms with Crippen molar-refractivity contribution in [3.05, 3.63) is 18.2 Å². The van der Waals surface area contributed by atoms with Gasteiger partial charge in [-0.3, -0.25) is 0 Å². The Morgan fingerprint density at radius 3 is 2.96 bits per heavy atom. The van der Waals surface area contributed by atoms with Gasteiger partial charge in [0.05, 0.1) is 6.10 Å². The molecule has 3 aliphatic rings. The number of hydrogen-bond donors (Lipinski definition) is 1. The lowest BCUT2D eigenvalue weighted by molar-refractivity contribution is -0.179. The fraction of sp³-hybridized carbons (Fsp3) is 0.842. The highest BCUT2D eigenvalue weighted by molar-refractivity contribution is 5.14. The van der Waals surface area contributed by atoms with Gasteiger partial charge in [0.1, 0.15) is 11.9 Å². The lowest BCUT2D eigenvalue weighted by Crippen LogP contribution is -2.68. The van der Waals surface area contributed by atoms with Gasteiger partial charge in [0.2, 0.25) is 0 Å². The average Bonchev–Trinajstić information content (AvgIpc) is 3.01. The number of ether oxygens (including phenoxy) is 2. The molecule has 0 unspecified atom stereocenters. The monoisotopic (exact) mass is 333 g/mol. The van der Waals surface area contributed by atoms with Crippen LogP contribution in [0.25, 0.3) is 0 Å². The van der Waals surface area contributed by atoms with Crippen LogP contribution in [0.1, 0.15) is 64.3 Å². The number of aryl methyl sites for hydroxylation is 1. The lowest BCUT2D eigenvalue weighted by Gasteiger charge is -2.62. The summed E-state index contributed by atoms with van der Waals surface area (Å²) in [7, 11) is 0. The first-order valence-corrected chi connectivity index (χ1v) is 9.78. The van der Waals surface area contributed by atoms with E-state index in [1.54, 1.807) is 0 Å². The number of hydrogen-bond acceptors (Lipinski definition) is 4. The average molecular weight is 333 g/mol. The number of nitrogens with one attached hydrogen (secondary N) is 1. The zero-order chi connectivity index (χ0) is 16.6. The van der Waals surface area contributed by atoms with Crippen molar-refractivity contribution in [3.63, 3.8) is 0 Å². The Kier molecular flexibility index (Phi) is 4.67. The molecule has 1 N–H and O–H groups in total. The molecule has 1 aromatic heterocycles. The highest BCUT2D eigenvalue weighted by Gasteiger charge is 2.59. The van der Waals surface area contributed by atoms with E-state index in [0.717, 1.165) is 38.4 Å². The van der Waals surface area contributed by atoms with Crippen molar-refractivity contribution in [2.75, 3.05) is 13.2 Å². The molecule has 0 radical (unpaired) electrons. The molecular weight excluding hydrogens is 302 g/mol. The van der Waals surface area contributed by atoms with E-state index in [0.29, 0.717) is 23.6 Å². The molecule has 1 spiro atoms. The van der Waals surface area contributed by atoms with E-state index in [4.69, 9.17) is 9.47 Å². The first-order valence-electron chi connectivity index (χ1n) is 9.78. The van der Waals surface area contributed by atoms with Gasteiger partial charge in [0, 0.05) is 49.7 Å². The number of imidazole rings is 1. The maximum Gasteiger partial charge on any atom is 0.139 e. The van der Waals surface area contributed by atoms with E-state index in [-0.39, 0.29) is 6.10 Å². The van der Waals surface area contributed by atoms with E-state index in [2.05, 4.69) is 34.9 Å². The summed E-state index contributed by atoms with van der Waals surface area (Å²) >= 11 is 0. The molecule has 5 heteroatoms. The van der Waals surface area contributed by atoms with Crippen LogP contribution in [-0.2, 0) is 16.0 Å². The molecule has 0 aromatic carbocycles. The van der Waals surface area contributed by atoms with Gasteiger partial charge < -0.3 is 19.4 Å². The van der Waals surface area contributed by atoms with Crippen LogP contribution in [0, 0.1) is 5.41 Å². The van der Waals surface area contributed by atoms with Crippen molar-refractivity contribution in [1.29, 1.82) is 0 Å². The molecule has 1 aromatic rings. The summed E-state index contributed by atoms with van der Waals surface area (Å²) in [5.74, 6) is 1.08. The molecule has 2 aliphatic carbocycles. The fourth-order valence-electron chi connectivity index (χ4n) is 4.98. The van der Waals surface area contributed by atoms with Crippen molar-refractivity contribution in [3.8, 4) is 0 Å². The van der Waals surface area contributed by atoms with Gasteiger partial charge >= 0.3 is 0 Å². The fourth-order valence-corrected chi connectivity index (χ4v) is 4.98. The van der Waals surface area contributed by atoms with Crippen LogP contribution >= 0.6 is 0 Å². The summed E-state index contributed by atoms with van der Waals surface area (Å²) < 4.78 is 14.4. The van der Waals surface area contributed by atoms with Gasteiger partial charge in [-0.15, -0.1) is 0 Å². The molecule has 4 rings (SSSR count). The van der Waals surface area contributed by atoms with Crippen LogP contribution in [-0.4, -0.2) is 41.0 Å². The highest BCUT2D eigenvalue weighted by Crippen LogP contribution is 2.57.